The van der Waals surface area contributed by atoms with Crippen molar-refractivity contribution in [2.45, 2.75) is 71.0 Å². The van der Waals surface area contributed by atoms with Crippen LogP contribution in [0.3, 0.4) is 0 Å². The number of carbonyl (C=O) groups excluding carboxylic acids is 1. The van der Waals surface area contributed by atoms with Gasteiger partial charge in [0.15, 0.2) is 0 Å². The van der Waals surface area contributed by atoms with E-state index in [1.54, 1.807) is 13.2 Å². The van der Waals surface area contributed by atoms with Crippen molar-refractivity contribution in [3.8, 4) is 22.8 Å². The minimum atomic E-state index is -1.15. The van der Waals surface area contributed by atoms with Crippen molar-refractivity contribution >= 4 is 5.78 Å². The maximum atomic E-state index is 13.1. The highest BCUT2D eigenvalue weighted by Gasteiger charge is 2.70. The predicted molar refractivity (Wildman–Crippen MR) is 124 cm³/mol. The van der Waals surface area contributed by atoms with Crippen molar-refractivity contribution in [2.24, 2.45) is 16.7 Å². The lowest BCUT2D eigenvalue weighted by molar-refractivity contribution is -0.254. The third kappa shape index (κ3) is 2.89. The number of aliphatic hydroxyl groups is 1. The van der Waals surface area contributed by atoms with Crippen LogP contribution in [0.1, 0.15) is 58.9 Å². The molecule has 0 spiro atoms. The van der Waals surface area contributed by atoms with Gasteiger partial charge in [-0.15, -0.1) is 0 Å². The lowest BCUT2D eigenvalue weighted by Crippen LogP contribution is -2.72. The molecule has 2 aliphatic carbocycles. The van der Waals surface area contributed by atoms with Crippen LogP contribution in [0.4, 0.5) is 0 Å². The van der Waals surface area contributed by atoms with E-state index in [4.69, 9.17) is 13.9 Å². The molecule has 4 atom stereocenters. The standard InChI is InChI=1S/C27H32O6/c1-24(2)22(28)10-11-25(3)21-14-18-20(33-26(21,4)12-13-27(24,25)30)15-19(32-23(18)29)16-6-8-17(31-5)9-7-16/h6-9,15,21,30H,10-14H2,1-5H3/t21-,25-,26-,27-/m1/s1. The zero-order valence-electron chi connectivity index (χ0n) is 20.0. The summed E-state index contributed by atoms with van der Waals surface area (Å²) in [6, 6.07) is 9.14. The summed E-state index contributed by atoms with van der Waals surface area (Å²) in [5.41, 5.74) is -2.23. The highest BCUT2D eigenvalue weighted by atomic mass is 16.5. The monoisotopic (exact) mass is 452 g/mol. The summed E-state index contributed by atoms with van der Waals surface area (Å²) in [5, 5.41) is 12.0. The van der Waals surface area contributed by atoms with Gasteiger partial charge in [0.25, 0.3) is 0 Å². The molecule has 5 rings (SSSR count). The summed E-state index contributed by atoms with van der Waals surface area (Å²) < 4.78 is 17.5. The van der Waals surface area contributed by atoms with Crippen molar-refractivity contribution in [3.63, 3.8) is 0 Å². The van der Waals surface area contributed by atoms with Gasteiger partial charge in [-0.05, 0) is 56.9 Å². The Morgan fingerprint density at radius 1 is 1.03 bits per heavy atom. The van der Waals surface area contributed by atoms with E-state index in [9.17, 15) is 14.7 Å². The summed E-state index contributed by atoms with van der Waals surface area (Å²) in [4.78, 5) is 25.9. The van der Waals surface area contributed by atoms with Crippen molar-refractivity contribution in [2.75, 3.05) is 7.11 Å². The fraction of sp³-hybridized carbons (Fsp3) is 0.556. The molecule has 176 valence electrons. The minimum Gasteiger partial charge on any atom is -0.497 e. The first-order valence-electron chi connectivity index (χ1n) is 11.7. The lowest BCUT2D eigenvalue weighted by atomic mass is 9.42. The topological polar surface area (TPSA) is 86.0 Å². The molecule has 2 fully saturated rings. The number of hydrogen-bond acceptors (Lipinski definition) is 6. The van der Waals surface area contributed by atoms with Gasteiger partial charge in [-0.2, -0.15) is 0 Å². The molecular weight excluding hydrogens is 420 g/mol. The number of Topliss-reactive ketones (excluding diaryl/α,β-unsaturated/α-hetero) is 1. The average Bonchev–Trinajstić information content (AvgIpc) is 2.78. The predicted octanol–water partition coefficient (Wildman–Crippen LogP) is 4.55. The van der Waals surface area contributed by atoms with E-state index in [-0.39, 0.29) is 11.7 Å². The van der Waals surface area contributed by atoms with Gasteiger partial charge in [0.1, 0.15) is 28.6 Å². The molecule has 1 aromatic heterocycles. The van der Waals surface area contributed by atoms with Crippen LogP contribution in [0.25, 0.3) is 11.3 Å². The first-order valence-corrected chi connectivity index (χ1v) is 11.7. The van der Waals surface area contributed by atoms with Gasteiger partial charge in [0.05, 0.1) is 23.7 Å². The molecule has 6 heteroatoms. The van der Waals surface area contributed by atoms with Crippen LogP contribution >= 0.6 is 0 Å². The second kappa shape index (κ2) is 6.95. The minimum absolute atomic E-state index is 0.104. The van der Waals surface area contributed by atoms with E-state index in [0.717, 1.165) is 11.3 Å². The molecule has 2 aromatic rings. The van der Waals surface area contributed by atoms with Gasteiger partial charge in [0, 0.05) is 29.4 Å². The Balaban J connectivity index is 1.57. The Morgan fingerprint density at radius 2 is 1.73 bits per heavy atom. The number of hydrogen-bond donors (Lipinski definition) is 1. The number of methoxy groups -OCH3 is 1. The number of ketones is 1. The Morgan fingerprint density at radius 3 is 2.39 bits per heavy atom. The van der Waals surface area contributed by atoms with Crippen LogP contribution in [0.15, 0.2) is 39.5 Å². The molecule has 1 N–H and O–H groups in total. The molecule has 3 aliphatic rings. The summed E-state index contributed by atoms with van der Waals surface area (Å²) in [5.74, 6) is 1.72. The molecule has 6 nitrogen and oxygen atoms in total. The Kier molecular flexibility index (Phi) is 4.68. The van der Waals surface area contributed by atoms with Crippen LogP contribution < -0.4 is 15.1 Å². The van der Waals surface area contributed by atoms with Crippen LogP contribution in [-0.2, 0) is 11.2 Å². The van der Waals surface area contributed by atoms with E-state index >= 15 is 0 Å². The fourth-order valence-corrected chi connectivity index (χ4v) is 6.86. The first kappa shape index (κ1) is 22.2. The largest absolute Gasteiger partial charge is 0.497 e. The summed E-state index contributed by atoms with van der Waals surface area (Å²) in [6.07, 6.45) is 2.56. The Labute approximate surface area is 193 Å². The van der Waals surface area contributed by atoms with E-state index in [1.807, 2.05) is 38.1 Å². The van der Waals surface area contributed by atoms with E-state index in [0.29, 0.717) is 49.2 Å². The Hall–Kier alpha value is -2.60. The van der Waals surface area contributed by atoms with Gasteiger partial charge in [-0.25, -0.2) is 4.79 Å². The molecule has 1 aliphatic heterocycles. The van der Waals surface area contributed by atoms with Crippen molar-refractivity contribution in [1.29, 1.82) is 0 Å². The molecule has 1 aromatic carbocycles. The second-order valence-electron chi connectivity index (χ2n) is 11.0. The highest BCUT2D eigenvalue weighted by Crippen LogP contribution is 2.65. The van der Waals surface area contributed by atoms with Crippen molar-refractivity contribution in [3.05, 3.63) is 46.3 Å². The number of ether oxygens (including phenoxy) is 2. The molecule has 2 saturated carbocycles. The summed E-state index contributed by atoms with van der Waals surface area (Å²) in [6.45, 7) is 7.88. The van der Waals surface area contributed by atoms with Crippen LogP contribution in [0.5, 0.6) is 11.5 Å². The molecule has 0 unspecified atom stereocenters. The number of rotatable bonds is 2. The number of fused-ring (bicyclic) bond motifs is 4. The lowest BCUT2D eigenvalue weighted by Gasteiger charge is -2.66. The van der Waals surface area contributed by atoms with Gasteiger partial charge < -0.3 is 19.0 Å². The molecule has 2 heterocycles. The van der Waals surface area contributed by atoms with Gasteiger partial charge >= 0.3 is 5.63 Å². The molecule has 0 saturated heterocycles. The van der Waals surface area contributed by atoms with Gasteiger partial charge in [-0.1, -0.05) is 20.8 Å². The van der Waals surface area contributed by atoms with E-state index in [1.165, 1.54) is 0 Å². The highest BCUT2D eigenvalue weighted by molar-refractivity contribution is 5.87. The molecule has 0 radical (unpaired) electrons. The average molecular weight is 453 g/mol. The van der Waals surface area contributed by atoms with Crippen molar-refractivity contribution < 1.29 is 23.8 Å². The van der Waals surface area contributed by atoms with Gasteiger partial charge in [0.2, 0.25) is 0 Å². The van der Waals surface area contributed by atoms with Gasteiger partial charge in [-0.3, -0.25) is 4.79 Å². The maximum Gasteiger partial charge on any atom is 0.343 e. The zero-order valence-corrected chi connectivity index (χ0v) is 20.0. The summed E-state index contributed by atoms with van der Waals surface area (Å²) in [7, 11) is 1.61. The van der Waals surface area contributed by atoms with E-state index in [2.05, 4.69) is 13.8 Å². The normalized spacial score (nSPS) is 34.5. The number of benzene rings is 1. The Bertz CT molecular complexity index is 1180. The van der Waals surface area contributed by atoms with Crippen LogP contribution in [0, 0.1) is 16.7 Å². The van der Waals surface area contributed by atoms with Crippen molar-refractivity contribution in [1.82, 2.24) is 0 Å². The zero-order chi connectivity index (χ0) is 23.8. The molecule has 0 amide bonds. The molecular formula is C27H32O6. The third-order valence-electron chi connectivity index (χ3n) is 9.17. The maximum absolute atomic E-state index is 13.1. The van der Waals surface area contributed by atoms with Crippen LogP contribution in [0.2, 0.25) is 0 Å². The van der Waals surface area contributed by atoms with Crippen LogP contribution in [-0.4, -0.2) is 29.2 Å². The third-order valence-corrected chi connectivity index (χ3v) is 9.17. The van der Waals surface area contributed by atoms with E-state index < -0.39 is 27.7 Å². The fourth-order valence-electron chi connectivity index (χ4n) is 6.86. The molecule has 0 bridgehead atoms. The second-order valence-corrected chi connectivity index (χ2v) is 11.0. The summed E-state index contributed by atoms with van der Waals surface area (Å²) >= 11 is 0. The SMILES string of the molecule is COc1ccc(-c2cc3c(c(=O)o2)C[C@H]2[C@@](C)(CC[C@@]4(O)C(C)(C)C(=O)CC[C@]24C)O3)cc1. The quantitative estimate of drug-likeness (QED) is 0.720. The first-order chi connectivity index (χ1) is 15.4. The smallest absolute Gasteiger partial charge is 0.343 e. The molecule has 33 heavy (non-hydrogen) atoms. The number of carbonyl (C=O) groups is 1.